The van der Waals surface area contributed by atoms with Gasteiger partial charge in [0.15, 0.2) is 0 Å². The molecule has 0 saturated heterocycles. The molecular weight excluding hydrogens is 428 g/mol. The molecule has 0 bridgehead atoms. The lowest BCUT2D eigenvalue weighted by Crippen LogP contribution is -2.33. The molecule has 2 aromatic rings. The van der Waals surface area contributed by atoms with E-state index in [4.69, 9.17) is 21.1 Å². The number of nitro groups is 1. The lowest BCUT2D eigenvalue weighted by Gasteiger charge is -2.24. The number of fused-ring (bicyclic) bond motifs is 1. The summed E-state index contributed by atoms with van der Waals surface area (Å²) in [6.45, 7) is 6.70. The third kappa shape index (κ3) is 6.08. The Morgan fingerprint density at radius 2 is 2.06 bits per heavy atom. The SMILES string of the molecule is CC(C)(C)OC(=O)N1Cc2ccc(OC[C@@H](O)CCn3cc([N+](=O)[O-])nc3Cl)cc2C1. The summed E-state index contributed by atoms with van der Waals surface area (Å²) in [6.07, 6.45) is 0.348. The second-order valence-corrected chi connectivity index (χ2v) is 8.68. The van der Waals surface area contributed by atoms with Crippen molar-refractivity contribution in [3.63, 3.8) is 0 Å². The van der Waals surface area contributed by atoms with Crippen LogP contribution in [0.15, 0.2) is 24.4 Å². The number of benzene rings is 1. The van der Waals surface area contributed by atoms with E-state index in [0.717, 1.165) is 11.1 Å². The number of aromatic nitrogens is 2. The molecule has 1 N–H and O–H groups in total. The number of halogens is 1. The van der Waals surface area contributed by atoms with Crippen molar-refractivity contribution in [2.45, 2.75) is 58.5 Å². The molecule has 0 fully saturated rings. The molecule has 2 heterocycles. The molecule has 0 unspecified atom stereocenters. The molecule has 0 aliphatic carbocycles. The molecule has 1 amide bonds. The summed E-state index contributed by atoms with van der Waals surface area (Å²) < 4.78 is 12.5. The van der Waals surface area contributed by atoms with Crippen LogP contribution in [0.5, 0.6) is 5.75 Å². The van der Waals surface area contributed by atoms with Crippen LogP contribution in [0.2, 0.25) is 5.28 Å². The molecule has 1 aromatic carbocycles. The fraction of sp³-hybridized carbons (Fsp3) is 0.500. The topological polar surface area (TPSA) is 120 Å². The van der Waals surface area contributed by atoms with Crippen LogP contribution in [0, 0.1) is 10.1 Å². The number of carbonyl (C=O) groups is 1. The van der Waals surface area contributed by atoms with Gasteiger partial charge in [-0.15, -0.1) is 0 Å². The first-order chi connectivity index (χ1) is 14.5. The van der Waals surface area contributed by atoms with Crippen molar-refractivity contribution < 1.29 is 24.3 Å². The van der Waals surface area contributed by atoms with Gasteiger partial charge in [0.25, 0.3) is 0 Å². The van der Waals surface area contributed by atoms with Crippen LogP contribution in [0.3, 0.4) is 0 Å². The van der Waals surface area contributed by atoms with E-state index in [0.29, 0.717) is 18.8 Å². The van der Waals surface area contributed by atoms with Gasteiger partial charge in [-0.3, -0.25) is 9.47 Å². The number of aliphatic hydroxyl groups is 1. The highest BCUT2D eigenvalue weighted by Crippen LogP contribution is 2.28. The lowest BCUT2D eigenvalue weighted by molar-refractivity contribution is -0.389. The summed E-state index contributed by atoms with van der Waals surface area (Å²) in [5, 5.41) is 20.9. The van der Waals surface area contributed by atoms with E-state index in [1.54, 1.807) is 11.0 Å². The zero-order chi connectivity index (χ0) is 22.8. The monoisotopic (exact) mass is 452 g/mol. The van der Waals surface area contributed by atoms with Gasteiger partial charge in [-0.2, -0.15) is 0 Å². The molecule has 0 spiro atoms. The summed E-state index contributed by atoms with van der Waals surface area (Å²) >= 11 is 5.87. The maximum absolute atomic E-state index is 12.3. The van der Waals surface area contributed by atoms with Crippen molar-refractivity contribution in [1.29, 1.82) is 0 Å². The van der Waals surface area contributed by atoms with Crippen LogP contribution < -0.4 is 4.74 Å². The number of aryl methyl sites for hydroxylation is 1. The molecule has 1 aromatic heterocycles. The van der Waals surface area contributed by atoms with Gasteiger partial charge in [0.05, 0.1) is 6.10 Å². The minimum absolute atomic E-state index is 0.00650. The van der Waals surface area contributed by atoms with Crippen molar-refractivity contribution in [2.75, 3.05) is 6.61 Å². The Labute approximate surface area is 184 Å². The quantitative estimate of drug-likeness (QED) is 0.504. The second kappa shape index (κ2) is 9.11. The number of rotatable bonds is 7. The van der Waals surface area contributed by atoms with E-state index in [2.05, 4.69) is 4.98 Å². The predicted molar refractivity (Wildman–Crippen MR) is 112 cm³/mol. The van der Waals surface area contributed by atoms with Crippen LogP contribution in [0.1, 0.15) is 38.3 Å². The predicted octanol–water partition coefficient (Wildman–Crippen LogP) is 3.53. The van der Waals surface area contributed by atoms with E-state index in [9.17, 15) is 20.0 Å². The number of imidazole rings is 1. The Morgan fingerprint density at radius 1 is 1.35 bits per heavy atom. The highest BCUT2D eigenvalue weighted by atomic mass is 35.5. The molecule has 3 rings (SSSR count). The average molecular weight is 453 g/mol. The van der Waals surface area contributed by atoms with Gasteiger partial charge in [-0.1, -0.05) is 6.07 Å². The smallest absolute Gasteiger partial charge is 0.410 e. The number of hydrogen-bond donors (Lipinski definition) is 1. The van der Waals surface area contributed by atoms with Gasteiger partial charge in [-0.25, -0.2) is 4.79 Å². The Kier molecular flexibility index (Phi) is 6.71. The molecule has 31 heavy (non-hydrogen) atoms. The van der Waals surface area contributed by atoms with Crippen LogP contribution in [-0.4, -0.2) is 48.9 Å². The number of amides is 1. The van der Waals surface area contributed by atoms with Crippen molar-refractivity contribution in [3.8, 4) is 5.75 Å². The third-order valence-corrected chi connectivity index (χ3v) is 4.90. The van der Waals surface area contributed by atoms with Gasteiger partial charge in [0, 0.05) is 19.6 Å². The maximum Gasteiger partial charge on any atom is 0.410 e. The minimum Gasteiger partial charge on any atom is -0.491 e. The largest absolute Gasteiger partial charge is 0.491 e. The average Bonchev–Trinajstić information content (AvgIpc) is 3.26. The molecule has 1 aliphatic rings. The second-order valence-electron chi connectivity index (χ2n) is 8.34. The Bertz CT molecular complexity index is 971. The van der Waals surface area contributed by atoms with Crippen LogP contribution >= 0.6 is 11.6 Å². The number of nitrogens with zero attached hydrogens (tertiary/aromatic N) is 4. The van der Waals surface area contributed by atoms with Crippen LogP contribution in [-0.2, 0) is 24.4 Å². The van der Waals surface area contributed by atoms with E-state index >= 15 is 0 Å². The van der Waals surface area contributed by atoms with Gasteiger partial charge in [0.1, 0.15) is 24.2 Å². The molecule has 168 valence electrons. The first kappa shape index (κ1) is 22.8. The van der Waals surface area contributed by atoms with Gasteiger partial charge < -0.3 is 24.7 Å². The van der Waals surface area contributed by atoms with Gasteiger partial charge >= 0.3 is 17.2 Å². The van der Waals surface area contributed by atoms with Crippen LogP contribution in [0.4, 0.5) is 10.6 Å². The molecule has 0 saturated carbocycles. The van der Waals surface area contributed by atoms with E-state index in [1.165, 1.54) is 10.8 Å². The van der Waals surface area contributed by atoms with Crippen molar-refractivity contribution in [1.82, 2.24) is 14.5 Å². The summed E-state index contributed by atoms with van der Waals surface area (Å²) in [7, 11) is 0. The summed E-state index contributed by atoms with van der Waals surface area (Å²) in [5.74, 6) is 0.245. The highest BCUT2D eigenvalue weighted by Gasteiger charge is 2.28. The molecule has 10 nitrogen and oxygen atoms in total. The van der Waals surface area contributed by atoms with Crippen LogP contribution in [0.25, 0.3) is 0 Å². The summed E-state index contributed by atoms with van der Waals surface area (Å²) in [6, 6.07) is 5.54. The fourth-order valence-electron chi connectivity index (χ4n) is 3.11. The van der Waals surface area contributed by atoms with Crippen molar-refractivity contribution in [2.24, 2.45) is 0 Å². The number of carbonyl (C=O) groups excluding carboxylic acids is 1. The van der Waals surface area contributed by atoms with E-state index < -0.39 is 16.6 Å². The minimum atomic E-state index is -0.802. The van der Waals surface area contributed by atoms with Crippen molar-refractivity contribution in [3.05, 3.63) is 50.9 Å². The van der Waals surface area contributed by atoms with E-state index in [-0.39, 0.29) is 36.8 Å². The summed E-state index contributed by atoms with van der Waals surface area (Å²) in [4.78, 5) is 27.6. The normalized spacial score (nSPS) is 14.3. The molecular formula is C20H25ClN4O6. The third-order valence-electron chi connectivity index (χ3n) is 4.60. The maximum atomic E-state index is 12.3. The highest BCUT2D eigenvalue weighted by molar-refractivity contribution is 6.28. The first-order valence-electron chi connectivity index (χ1n) is 9.79. The Morgan fingerprint density at radius 3 is 2.71 bits per heavy atom. The number of aliphatic hydroxyl groups excluding tert-OH is 1. The number of ether oxygens (including phenoxy) is 2. The Balaban J connectivity index is 1.49. The fourth-order valence-corrected chi connectivity index (χ4v) is 3.33. The molecule has 1 aliphatic heterocycles. The standard InChI is InChI=1S/C20H25ClN4O6/c1-20(2,3)31-19(27)24-9-13-4-5-16(8-14(13)10-24)30-12-15(26)6-7-23-11-17(25(28)29)22-18(23)21/h4-5,8,11,15,26H,6-7,9-10,12H2,1-3H3/t15-/m0/s1. The summed E-state index contributed by atoms with van der Waals surface area (Å²) in [5.41, 5.74) is 1.44. The molecule has 0 radical (unpaired) electrons. The number of hydrogen-bond acceptors (Lipinski definition) is 7. The Hall–Kier alpha value is -2.85. The van der Waals surface area contributed by atoms with Crippen molar-refractivity contribution >= 4 is 23.5 Å². The van der Waals surface area contributed by atoms with Gasteiger partial charge in [0.2, 0.25) is 0 Å². The lowest BCUT2D eigenvalue weighted by atomic mass is 10.1. The zero-order valence-electron chi connectivity index (χ0n) is 17.6. The molecule has 11 heteroatoms. The zero-order valence-corrected chi connectivity index (χ0v) is 18.3. The van der Waals surface area contributed by atoms with E-state index in [1.807, 2.05) is 32.9 Å². The molecule has 1 atom stereocenters. The van der Waals surface area contributed by atoms with Gasteiger partial charge in [-0.05, 0) is 72.0 Å². The first-order valence-corrected chi connectivity index (χ1v) is 10.2.